The number of benzene rings is 1. The van der Waals surface area contributed by atoms with Crippen molar-refractivity contribution in [2.24, 2.45) is 5.92 Å². The number of rotatable bonds is 2. The van der Waals surface area contributed by atoms with Crippen molar-refractivity contribution < 1.29 is 8.78 Å². The summed E-state index contributed by atoms with van der Waals surface area (Å²) in [6, 6.07) is 2.16. The van der Waals surface area contributed by atoms with E-state index >= 15 is 0 Å². The topological polar surface area (TPSA) is 28.7 Å². The van der Waals surface area contributed by atoms with Crippen LogP contribution in [0.3, 0.4) is 0 Å². The summed E-state index contributed by atoms with van der Waals surface area (Å²) in [5, 5.41) is 0. The third-order valence-electron chi connectivity index (χ3n) is 3.28. The van der Waals surface area contributed by atoms with Crippen LogP contribution in [-0.4, -0.2) is 9.97 Å². The molecule has 2 nitrogen and oxygen atoms in total. The van der Waals surface area contributed by atoms with Crippen LogP contribution >= 0.6 is 0 Å². The predicted molar refractivity (Wildman–Crippen MR) is 57.1 cm³/mol. The molecule has 4 heteroatoms. The van der Waals surface area contributed by atoms with E-state index in [2.05, 4.69) is 16.9 Å². The van der Waals surface area contributed by atoms with E-state index in [1.807, 2.05) is 0 Å². The van der Waals surface area contributed by atoms with Gasteiger partial charge >= 0.3 is 0 Å². The Morgan fingerprint density at radius 3 is 2.81 bits per heavy atom. The molecule has 0 amide bonds. The summed E-state index contributed by atoms with van der Waals surface area (Å²) in [4.78, 5) is 7.22. The fourth-order valence-electron chi connectivity index (χ4n) is 2.10. The van der Waals surface area contributed by atoms with Crippen LogP contribution in [0.1, 0.15) is 31.5 Å². The summed E-state index contributed by atoms with van der Waals surface area (Å²) in [5.74, 6) is 0.546. The molecule has 0 radical (unpaired) electrons. The summed E-state index contributed by atoms with van der Waals surface area (Å²) in [6.07, 6.45) is 2.41. The average Bonchev–Trinajstić information content (AvgIpc) is 2.97. The smallest absolute Gasteiger partial charge is 0.153 e. The fraction of sp³-hybridized carbons (Fsp3) is 0.417. The van der Waals surface area contributed by atoms with Crippen LogP contribution in [0.15, 0.2) is 12.1 Å². The molecule has 0 aliphatic heterocycles. The van der Waals surface area contributed by atoms with Gasteiger partial charge in [-0.1, -0.05) is 6.92 Å². The normalized spacial score (nSPS) is 17.9. The number of imidazole rings is 1. The molecule has 1 N–H and O–H groups in total. The van der Waals surface area contributed by atoms with Crippen molar-refractivity contribution in [1.82, 2.24) is 9.97 Å². The zero-order valence-corrected chi connectivity index (χ0v) is 8.93. The molecule has 16 heavy (non-hydrogen) atoms. The van der Waals surface area contributed by atoms with Gasteiger partial charge in [-0.2, -0.15) is 0 Å². The van der Waals surface area contributed by atoms with Crippen molar-refractivity contribution in [2.75, 3.05) is 0 Å². The van der Waals surface area contributed by atoms with Crippen LogP contribution in [0.2, 0.25) is 0 Å². The summed E-state index contributed by atoms with van der Waals surface area (Å²) < 4.78 is 26.4. The quantitative estimate of drug-likeness (QED) is 0.829. The summed E-state index contributed by atoms with van der Waals surface area (Å²) >= 11 is 0. The third kappa shape index (κ3) is 1.49. The first-order valence-corrected chi connectivity index (χ1v) is 5.50. The van der Waals surface area contributed by atoms with Crippen molar-refractivity contribution >= 4 is 11.0 Å². The van der Waals surface area contributed by atoms with E-state index in [0.29, 0.717) is 17.4 Å². The Labute approximate surface area is 91.7 Å². The molecule has 1 unspecified atom stereocenters. The van der Waals surface area contributed by atoms with Crippen molar-refractivity contribution in [3.63, 3.8) is 0 Å². The minimum atomic E-state index is -0.597. The number of nitrogens with one attached hydrogen (secondary N) is 1. The lowest BCUT2D eigenvalue weighted by molar-refractivity contribution is 0.590. The Hall–Kier alpha value is -1.45. The first-order chi connectivity index (χ1) is 7.65. The molecule has 3 rings (SSSR count). The number of hydrogen-bond acceptors (Lipinski definition) is 1. The number of nitrogens with zero attached hydrogens (tertiary/aromatic N) is 1. The van der Waals surface area contributed by atoms with Crippen LogP contribution < -0.4 is 0 Å². The standard InChI is InChI=1S/C12H12F2N2/c1-6(7-2-3-7)12-15-10-5-8(13)4-9(14)11(10)16-12/h4-7H,2-3H2,1H3,(H,15,16). The first-order valence-electron chi connectivity index (χ1n) is 5.50. The van der Waals surface area contributed by atoms with Crippen LogP contribution in [0, 0.1) is 17.6 Å². The minimum absolute atomic E-state index is 0.240. The Morgan fingerprint density at radius 2 is 2.12 bits per heavy atom. The van der Waals surface area contributed by atoms with Gasteiger partial charge in [0.1, 0.15) is 17.2 Å². The van der Waals surface area contributed by atoms with Crippen molar-refractivity contribution in [3.05, 3.63) is 29.6 Å². The van der Waals surface area contributed by atoms with E-state index in [1.54, 1.807) is 0 Å². The maximum atomic E-state index is 13.4. The van der Waals surface area contributed by atoms with Gasteiger partial charge in [-0.3, -0.25) is 0 Å². The van der Waals surface area contributed by atoms with Gasteiger partial charge < -0.3 is 4.98 Å². The molecule has 2 aromatic rings. The molecule has 1 aliphatic carbocycles. The van der Waals surface area contributed by atoms with Crippen molar-refractivity contribution in [2.45, 2.75) is 25.7 Å². The maximum absolute atomic E-state index is 13.4. The molecule has 1 fully saturated rings. The van der Waals surface area contributed by atoms with Gasteiger partial charge in [0.25, 0.3) is 0 Å². The third-order valence-corrected chi connectivity index (χ3v) is 3.28. The molecular weight excluding hydrogens is 210 g/mol. The van der Waals surface area contributed by atoms with Gasteiger partial charge in [-0.05, 0) is 24.8 Å². The highest BCUT2D eigenvalue weighted by Crippen LogP contribution is 2.41. The van der Waals surface area contributed by atoms with Gasteiger partial charge in [0, 0.05) is 12.0 Å². The van der Waals surface area contributed by atoms with E-state index in [-0.39, 0.29) is 5.52 Å². The SMILES string of the molecule is CC(c1nc2c(F)cc(F)cc2[nH]1)C1CC1. The van der Waals surface area contributed by atoms with Gasteiger partial charge in [0.05, 0.1) is 5.52 Å². The van der Waals surface area contributed by atoms with Gasteiger partial charge in [-0.15, -0.1) is 0 Å². The molecular formula is C12H12F2N2. The number of fused-ring (bicyclic) bond motifs is 1. The molecule has 1 aromatic carbocycles. The summed E-state index contributed by atoms with van der Waals surface area (Å²) in [5.41, 5.74) is 0.684. The lowest BCUT2D eigenvalue weighted by atomic mass is 10.1. The minimum Gasteiger partial charge on any atom is -0.342 e. The van der Waals surface area contributed by atoms with E-state index in [9.17, 15) is 8.78 Å². The van der Waals surface area contributed by atoms with Gasteiger partial charge in [0.2, 0.25) is 0 Å². The summed E-state index contributed by atoms with van der Waals surface area (Å²) in [7, 11) is 0. The Kier molecular flexibility index (Phi) is 1.99. The Bertz CT molecular complexity index is 543. The van der Waals surface area contributed by atoms with Crippen molar-refractivity contribution in [3.8, 4) is 0 Å². The zero-order valence-electron chi connectivity index (χ0n) is 8.93. The number of halogens is 2. The van der Waals surface area contributed by atoms with E-state index in [0.717, 1.165) is 11.9 Å². The van der Waals surface area contributed by atoms with Crippen LogP contribution in [0.4, 0.5) is 8.78 Å². The highest BCUT2D eigenvalue weighted by atomic mass is 19.1. The number of aromatic amines is 1. The van der Waals surface area contributed by atoms with Crippen LogP contribution in [0.25, 0.3) is 11.0 Å². The molecule has 1 heterocycles. The number of H-pyrrole nitrogens is 1. The number of aromatic nitrogens is 2. The second kappa shape index (κ2) is 3.27. The van der Waals surface area contributed by atoms with E-state index in [4.69, 9.17) is 0 Å². The van der Waals surface area contributed by atoms with Gasteiger partial charge in [0.15, 0.2) is 5.82 Å². The molecule has 0 bridgehead atoms. The van der Waals surface area contributed by atoms with E-state index < -0.39 is 11.6 Å². The summed E-state index contributed by atoms with van der Waals surface area (Å²) in [6.45, 7) is 2.07. The average molecular weight is 222 g/mol. The Morgan fingerprint density at radius 1 is 1.38 bits per heavy atom. The predicted octanol–water partition coefficient (Wildman–Crippen LogP) is 3.35. The molecule has 1 atom stereocenters. The largest absolute Gasteiger partial charge is 0.342 e. The van der Waals surface area contributed by atoms with Crippen LogP contribution in [-0.2, 0) is 0 Å². The van der Waals surface area contributed by atoms with Crippen molar-refractivity contribution in [1.29, 1.82) is 0 Å². The highest BCUT2D eigenvalue weighted by Gasteiger charge is 2.31. The Balaban J connectivity index is 2.11. The number of hydrogen-bond donors (Lipinski definition) is 1. The molecule has 0 saturated heterocycles. The van der Waals surface area contributed by atoms with Crippen LogP contribution in [0.5, 0.6) is 0 Å². The molecule has 1 saturated carbocycles. The second-order valence-electron chi connectivity index (χ2n) is 4.53. The first kappa shape index (κ1) is 9.75. The van der Waals surface area contributed by atoms with Gasteiger partial charge in [-0.25, -0.2) is 13.8 Å². The molecule has 84 valence electrons. The lowest BCUT2D eigenvalue weighted by Crippen LogP contribution is -1.97. The zero-order chi connectivity index (χ0) is 11.3. The highest BCUT2D eigenvalue weighted by molar-refractivity contribution is 5.75. The monoisotopic (exact) mass is 222 g/mol. The molecule has 1 aliphatic rings. The second-order valence-corrected chi connectivity index (χ2v) is 4.53. The maximum Gasteiger partial charge on any atom is 0.153 e. The fourth-order valence-corrected chi connectivity index (χ4v) is 2.10. The molecule has 0 spiro atoms. The molecule has 1 aromatic heterocycles. The van der Waals surface area contributed by atoms with E-state index in [1.165, 1.54) is 18.9 Å². The lowest BCUT2D eigenvalue weighted by Gasteiger charge is -2.04.